The van der Waals surface area contributed by atoms with E-state index in [1.54, 1.807) is 19.2 Å². The molecule has 2 aromatic heterocycles. The molecule has 0 saturated heterocycles. The smallest absolute Gasteiger partial charge is 0.417 e. The molecule has 0 radical (unpaired) electrons. The zero-order chi connectivity index (χ0) is 26.3. The van der Waals surface area contributed by atoms with Crippen molar-refractivity contribution < 1.29 is 27.8 Å². The lowest BCUT2D eigenvalue weighted by molar-refractivity contribution is -0.138. The molecule has 0 amide bonds. The molecule has 11 heteroatoms. The second-order valence-electron chi connectivity index (χ2n) is 8.59. The third-order valence-corrected chi connectivity index (χ3v) is 6.42. The summed E-state index contributed by atoms with van der Waals surface area (Å²) in [6, 6.07) is 4.70. The molecular formula is C25H24ClF3N4O3. The van der Waals surface area contributed by atoms with Crippen molar-refractivity contribution in [2.75, 3.05) is 0 Å². The van der Waals surface area contributed by atoms with Crippen LogP contribution >= 0.6 is 11.6 Å². The molecule has 190 valence electrons. The molecular weight excluding hydrogens is 497 g/mol. The molecule has 1 atom stereocenters. The van der Waals surface area contributed by atoms with Crippen LogP contribution in [0.1, 0.15) is 41.6 Å². The maximum absolute atomic E-state index is 13.0. The standard InChI is InChI=1S/C25H24ClF3N4O3/c1-4-24(10-17(23(34)35)5-6-31-24)36-13-16-7-14(2)22-21(8-16)33(15(3)32-22)12-20-19(26)9-18(11-30-20)25(27,28)29/h5-11,31H,4,12-13H2,1-3H3,(H,34,35). The summed E-state index contributed by atoms with van der Waals surface area (Å²) >= 11 is 6.14. The van der Waals surface area contributed by atoms with Gasteiger partial charge in [0.05, 0.1) is 46.0 Å². The Bertz CT molecular complexity index is 1400. The van der Waals surface area contributed by atoms with Crippen LogP contribution in [0.3, 0.4) is 0 Å². The van der Waals surface area contributed by atoms with Crippen molar-refractivity contribution in [1.82, 2.24) is 19.9 Å². The summed E-state index contributed by atoms with van der Waals surface area (Å²) in [6.07, 6.45) is 1.31. The number of ether oxygens (including phenoxy) is 1. The molecule has 4 rings (SSSR count). The number of nitrogens with one attached hydrogen (secondary N) is 1. The second-order valence-corrected chi connectivity index (χ2v) is 9.00. The molecule has 0 fully saturated rings. The van der Waals surface area contributed by atoms with Gasteiger partial charge in [0.2, 0.25) is 0 Å². The van der Waals surface area contributed by atoms with Crippen LogP contribution in [-0.2, 0) is 28.9 Å². The number of hydrogen-bond acceptors (Lipinski definition) is 5. The number of dihydropyridines is 1. The van der Waals surface area contributed by atoms with Crippen molar-refractivity contribution in [2.45, 2.75) is 52.2 Å². The zero-order valence-corrected chi connectivity index (χ0v) is 20.5. The van der Waals surface area contributed by atoms with Gasteiger partial charge in [-0.25, -0.2) is 9.78 Å². The summed E-state index contributed by atoms with van der Waals surface area (Å²) < 4.78 is 47.0. The maximum atomic E-state index is 13.0. The van der Waals surface area contributed by atoms with Gasteiger partial charge in [-0.1, -0.05) is 24.6 Å². The van der Waals surface area contributed by atoms with Crippen LogP contribution in [0.2, 0.25) is 5.02 Å². The van der Waals surface area contributed by atoms with Crippen LogP contribution in [0.15, 0.2) is 48.3 Å². The van der Waals surface area contributed by atoms with Crippen LogP contribution in [0, 0.1) is 13.8 Å². The summed E-state index contributed by atoms with van der Waals surface area (Å²) in [5, 5.41) is 12.4. The first-order chi connectivity index (χ1) is 16.9. The average molecular weight is 521 g/mol. The number of carboxylic acid groups (broad SMARTS) is 1. The Hall–Kier alpha value is -3.37. The van der Waals surface area contributed by atoms with Gasteiger partial charge < -0.3 is 19.7 Å². The predicted molar refractivity (Wildman–Crippen MR) is 128 cm³/mol. The minimum Gasteiger partial charge on any atom is -0.478 e. The van der Waals surface area contributed by atoms with E-state index in [1.807, 2.05) is 30.5 Å². The molecule has 0 bridgehead atoms. The number of hydrogen-bond donors (Lipinski definition) is 2. The van der Waals surface area contributed by atoms with E-state index in [0.717, 1.165) is 34.4 Å². The molecule has 0 aliphatic carbocycles. The Balaban J connectivity index is 1.64. The van der Waals surface area contributed by atoms with Gasteiger partial charge in [0, 0.05) is 6.20 Å². The van der Waals surface area contributed by atoms with Crippen LogP contribution in [0.25, 0.3) is 11.0 Å². The molecule has 1 aliphatic heterocycles. The Kier molecular flexibility index (Phi) is 6.85. The predicted octanol–water partition coefficient (Wildman–Crippen LogP) is 5.52. The van der Waals surface area contributed by atoms with E-state index in [9.17, 15) is 23.1 Å². The summed E-state index contributed by atoms with van der Waals surface area (Å²) in [4.78, 5) is 20.0. The number of aryl methyl sites for hydroxylation is 2. The summed E-state index contributed by atoms with van der Waals surface area (Å²) in [6.45, 7) is 5.91. The van der Waals surface area contributed by atoms with Gasteiger partial charge in [0.1, 0.15) is 5.82 Å². The van der Waals surface area contributed by atoms with Gasteiger partial charge in [-0.2, -0.15) is 13.2 Å². The fourth-order valence-corrected chi connectivity index (χ4v) is 4.33. The van der Waals surface area contributed by atoms with Crippen LogP contribution in [-0.4, -0.2) is 31.3 Å². The van der Waals surface area contributed by atoms with Crippen LogP contribution in [0.4, 0.5) is 13.2 Å². The van der Waals surface area contributed by atoms with Crippen molar-refractivity contribution in [2.24, 2.45) is 0 Å². The number of nitrogens with zero attached hydrogens (tertiary/aromatic N) is 3. The highest BCUT2D eigenvalue weighted by molar-refractivity contribution is 6.31. The third-order valence-electron chi connectivity index (χ3n) is 6.10. The molecule has 1 aromatic carbocycles. The summed E-state index contributed by atoms with van der Waals surface area (Å²) in [5.74, 6) is -0.386. The van der Waals surface area contributed by atoms with E-state index >= 15 is 0 Å². The van der Waals surface area contributed by atoms with E-state index in [4.69, 9.17) is 16.3 Å². The molecule has 0 saturated carbocycles. The molecule has 3 aromatic rings. The monoisotopic (exact) mass is 520 g/mol. The lowest BCUT2D eigenvalue weighted by Crippen LogP contribution is -2.44. The summed E-state index contributed by atoms with van der Waals surface area (Å²) in [5.41, 5.74) is 1.76. The number of fused-ring (bicyclic) bond motifs is 1. The van der Waals surface area contributed by atoms with Gasteiger partial charge in [-0.3, -0.25) is 4.98 Å². The highest BCUT2D eigenvalue weighted by Crippen LogP contribution is 2.32. The Morgan fingerprint density at radius 2 is 2.03 bits per heavy atom. The average Bonchev–Trinajstić information content (AvgIpc) is 3.14. The number of halogens is 4. The molecule has 36 heavy (non-hydrogen) atoms. The highest BCUT2D eigenvalue weighted by atomic mass is 35.5. The van der Waals surface area contributed by atoms with E-state index < -0.39 is 23.4 Å². The van der Waals surface area contributed by atoms with Gasteiger partial charge in [0.25, 0.3) is 0 Å². The first-order valence-electron chi connectivity index (χ1n) is 11.1. The number of carboxylic acids is 1. The topological polar surface area (TPSA) is 89.3 Å². The Morgan fingerprint density at radius 1 is 1.28 bits per heavy atom. The van der Waals surface area contributed by atoms with Gasteiger partial charge in [-0.05, 0) is 61.9 Å². The van der Waals surface area contributed by atoms with Gasteiger partial charge >= 0.3 is 12.1 Å². The maximum Gasteiger partial charge on any atom is 0.417 e. The molecule has 1 aliphatic rings. The van der Waals surface area contributed by atoms with Crippen molar-refractivity contribution >= 4 is 28.6 Å². The quantitative estimate of drug-likeness (QED) is 0.426. The first kappa shape index (κ1) is 25.7. The Morgan fingerprint density at radius 3 is 2.67 bits per heavy atom. The second kappa shape index (κ2) is 9.59. The lowest BCUT2D eigenvalue weighted by Gasteiger charge is -2.33. The van der Waals surface area contributed by atoms with Crippen molar-refractivity contribution in [3.8, 4) is 0 Å². The molecule has 3 heterocycles. The largest absolute Gasteiger partial charge is 0.478 e. The van der Waals surface area contributed by atoms with Crippen molar-refractivity contribution in [3.63, 3.8) is 0 Å². The third kappa shape index (κ3) is 5.10. The van der Waals surface area contributed by atoms with Crippen molar-refractivity contribution in [3.05, 3.63) is 81.6 Å². The highest BCUT2D eigenvalue weighted by Gasteiger charge is 2.32. The SMILES string of the molecule is CCC1(OCc2cc(C)c3nc(C)n(Cc4ncc(C(F)(F)F)cc4Cl)c3c2)C=C(C(=O)O)C=CN1. The van der Waals surface area contributed by atoms with E-state index in [-0.39, 0.29) is 23.7 Å². The zero-order valence-electron chi connectivity index (χ0n) is 19.8. The fraction of sp³-hybridized carbons (Fsp3) is 0.320. The number of pyridine rings is 1. The molecule has 1 unspecified atom stereocenters. The number of aromatic nitrogens is 3. The van der Waals surface area contributed by atoms with Gasteiger partial charge in [-0.15, -0.1) is 0 Å². The summed E-state index contributed by atoms with van der Waals surface area (Å²) in [7, 11) is 0. The van der Waals surface area contributed by atoms with Crippen molar-refractivity contribution in [1.29, 1.82) is 0 Å². The molecule has 2 N–H and O–H groups in total. The minimum atomic E-state index is -4.53. The number of imidazole rings is 1. The number of benzene rings is 1. The molecule has 7 nitrogen and oxygen atoms in total. The van der Waals surface area contributed by atoms with E-state index in [0.29, 0.717) is 17.9 Å². The van der Waals surface area contributed by atoms with Crippen LogP contribution in [0.5, 0.6) is 0 Å². The number of rotatable bonds is 7. The Labute approximate surface area is 210 Å². The normalized spacial score (nSPS) is 17.8. The minimum absolute atomic E-state index is 0.0791. The van der Waals surface area contributed by atoms with Crippen LogP contribution < -0.4 is 5.32 Å². The van der Waals surface area contributed by atoms with Gasteiger partial charge in [0.15, 0.2) is 5.72 Å². The lowest BCUT2D eigenvalue weighted by atomic mass is 10.0. The molecule has 0 spiro atoms. The van der Waals surface area contributed by atoms with E-state index in [1.165, 1.54) is 6.08 Å². The fourth-order valence-electron chi connectivity index (χ4n) is 4.10. The number of aliphatic carboxylic acids is 1. The number of carbonyl (C=O) groups is 1. The van der Waals surface area contributed by atoms with E-state index in [2.05, 4.69) is 15.3 Å². The number of alkyl halides is 3. The first-order valence-corrected chi connectivity index (χ1v) is 11.5.